The molecule has 1 aliphatic rings. The monoisotopic (exact) mass is 405 g/mol. The molecule has 30 heavy (non-hydrogen) atoms. The number of benzene rings is 3. The molecule has 0 aliphatic carbocycles. The third-order valence-corrected chi connectivity index (χ3v) is 5.39. The number of amides is 1. The van der Waals surface area contributed by atoms with Crippen LogP contribution in [-0.4, -0.2) is 32.3 Å². The first kappa shape index (κ1) is 19.9. The molecule has 4 rings (SSSR count). The summed E-state index contributed by atoms with van der Waals surface area (Å²) < 4.78 is 19.8. The van der Waals surface area contributed by atoms with Crippen LogP contribution in [-0.2, 0) is 0 Å². The number of piperidine rings is 1. The predicted molar refractivity (Wildman–Crippen MR) is 118 cm³/mol. The molecule has 1 amide bonds. The van der Waals surface area contributed by atoms with Crippen molar-refractivity contribution in [2.24, 2.45) is 5.10 Å². The summed E-state index contributed by atoms with van der Waals surface area (Å²) in [4.78, 5) is 14.8. The number of methoxy groups -OCH3 is 1. The smallest absolute Gasteiger partial charge is 0.275 e. The van der Waals surface area contributed by atoms with Gasteiger partial charge in [-0.15, -0.1) is 0 Å². The molecule has 1 fully saturated rings. The molecule has 0 radical (unpaired) electrons. The van der Waals surface area contributed by atoms with Gasteiger partial charge in [0.25, 0.3) is 5.91 Å². The molecule has 1 aliphatic heterocycles. The number of carbonyl (C=O) groups is 1. The van der Waals surface area contributed by atoms with Crippen molar-refractivity contribution in [3.63, 3.8) is 0 Å². The number of hydrazone groups is 1. The van der Waals surface area contributed by atoms with E-state index in [0.717, 1.165) is 42.4 Å². The van der Waals surface area contributed by atoms with Gasteiger partial charge in [0.15, 0.2) is 0 Å². The van der Waals surface area contributed by atoms with Crippen LogP contribution in [0, 0.1) is 5.82 Å². The molecule has 154 valence electrons. The number of nitrogens with zero attached hydrogens (tertiary/aromatic N) is 2. The molecule has 5 nitrogen and oxygen atoms in total. The largest absolute Gasteiger partial charge is 0.496 e. The number of rotatable bonds is 5. The fourth-order valence-corrected chi connectivity index (χ4v) is 3.76. The van der Waals surface area contributed by atoms with Gasteiger partial charge in [0.1, 0.15) is 11.6 Å². The van der Waals surface area contributed by atoms with Crippen molar-refractivity contribution in [2.45, 2.75) is 19.3 Å². The number of fused-ring (bicyclic) bond motifs is 1. The molecule has 0 saturated carbocycles. The second kappa shape index (κ2) is 8.95. The van der Waals surface area contributed by atoms with Gasteiger partial charge in [0.2, 0.25) is 0 Å². The Balaban J connectivity index is 1.48. The van der Waals surface area contributed by atoms with E-state index in [1.54, 1.807) is 12.1 Å². The van der Waals surface area contributed by atoms with Gasteiger partial charge in [-0.3, -0.25) is 4.79 Å². The third kappa shape index (κ3) is 4.27. The maximum Gasteiger partial charge on any atom is 0.275 e. The second-order valence-electron chi connectivity index (χ2n) is 7.35. The van der Waals surface area contributed by atoms with E-state index in [-0.39, 0.29) is 5.82 Å². The molecule has 1 saturated heterocycles. The number of ether oxygens (including phenoxy) is 1. The van der Waals surface area contributed by atoms with Gasteiger partial charge in [-0.1, -0.05) is 24.3 Å². The lowest BCUT2D eigenvalue weighted by atomic mass is 10.1. The SMILES string of the molecule is COc1cc2ccccc2cc1C(=O)N/N=C\c1ccc(N2CCCCC2)cc1F. The van der Waals surface area contributed by atoms with Crippen LogP contribution < -0.4 is 15.1 Å². The van der Waals surface area contributed by atoms with Crippen molar-refractivity contribution < 1.29 is 13.9 Å². The number of nitrogens with one attached hydrogen (secondary N) is 1. The molecule has 3 aromatic rings. The highest BCUT2D eigenvalue weighted by Gasteiger charge is 2.14. The fourth-order valence-electron chi connectivity index (χ4n) is 3.76. The lowest BCUT2D eigenvalue weighted by Crippen LogP contribution is -2.29. The van der Waals surface area contributed by atoms with E-state index < -0.39 is 5.91 Å². The highest BCUT2D eigenvalue weighted by Crippen LogP contribution is 2.26. The van der Waals surface area contributed by atoms with Crippen LogP contribution in [0.3, 0.4) is 0 Å². The van der Waals surface area contributed by atoms with Crippen molar-refractivity contribution in [2.75, 3.05) is 25.1 Å². The molecule has 0 bridgehead atoms. The normalized spacial score (nSPS) is 14.3. The molecule has 1 heterocycles. The number of hydrogen-bond donors (Lipinski definition) is 1. The van der Waals surface area contributed by atoms with E-state index in [4.69, 9.17) is 4.74 Å². The summed E-state index contributed by atoms with van der Waals surface area (Å²) in [5.74, 6) is -0.322. The van der Waals surface area contributed by atoms with Crippen LogP contribution in [0.15, 0.2) is 59.7 Å². The standard InChI is InChI=1S/C24H24FN3O2/c1-30-23-14-18-8-4-3-7-17(18)13-21(23)24(29)27-26-16-19-9-10-20(15-22(19)25)28-11-5-2-6-12-28/h3-4,7-10,13-16H,2,5-6,11-12H2,1H3,(H,27,29)/b26-16-. The topological polar surface area (TPSA) is 53.9 Å². The Hall–Kier alpha value is -3.41. The molecule has 0 unspecified atom stereocenters. The fraction of sp³-hybridized carbons (Fsp3) is 0.250. The summed E-state index contributed by atoms with van der Waals surface area (Å²) in [6.45, 7) is 1.91. The van der Waals surface area contributed by atoms with E-state index in [0.29, 0.717) is 16.9 Å². The van der Waals surface area contributed by atoms with Gasteiger partial charge in [-0.25, -0.2) is 9.82 Å². The van der Waals surface area contributed by atoms with Crippen molar-refractivity contribution in [3.8, 4) is 5.75 Å². The van der Waals surface area contributed by atoms with Crippen LogP contribution in [0.25, 0.3) is 10.8 Å². The summed E-state index contributed by atoms with van der Waals surface area (Å²) in [5.41, 5.74) is 4.04. The Morgan fingerprint density at radius 3 is 2.50 bits per heavy atom. The quantitative estimate of drug-likeness (QED) is 0.493. The molecule has 3 aromatic carbocycles. The first-order valence-electron chi connectivity index (χ1n) is 10.1. The molecule has 0 aromatic heterocycles. The summed E-state index contributed by atoms with van der Waals surface area (Å²) in [7, 11) is 1.52. The Bertz CT molecular complexity index is 1090. The molecule has 0 atom stereocenters. The van der Waals surface area contributed by atoms with Gasteiger partial charge < -0.3 is 9.64 Å². The summed E-state index contributed by atoms with van der Waals surface area (Å²) in [5, 5.41) is 5.84. The average molecular weight is 405 g/mol. The molecule has 0 spiro atoms. The summed E-state index contributed by atoms with van der Waals surface area (Å²) >= 11 is 0. The maximum atomic E-state index is 14.5. The molecule has 1 N–H and O–H groups in total. The van der Waals surface area contributed by atoms with E-state index in [9.17, 15) is 9.18 Å². The Morgan fingerprint density at radius 2 is 1.80 bits per heavy atom. The lowest BCUT2D eigenvalue weighted by Gasteiger charge is -2.28. The van der Waals surface area contributed by atoms with E-state index in [2.05, 4.69) is 15.4 Å². The highest BCUT2D eigenvalue weighted by atomic mass is 19.1. The number of halogens is 1. The highest BCUT2D eigenvalue weighted by molar-refractivity contribution is 6.02. The predicted octanol–water partition coefficient (Wildman–Crippen LogP) is 4.74. The van der Waals surface area contributed by atoms with Crippen molar-refractivity contribution >= 4 is 28.6 Å². The minimum absolute atomic E-state index is 0.321. The Morgan fingerprint density at radius 1 is 1.07 bits per heavy atom. The van der Waals surface area contributed by atoms with Gasteiger partial charge in [-0.2, -0.15) is 5.10 Å². The Kier molecular flexibility index (Phi) is 5.93. The lowest BCUT2D eigenvalue weighted by molar-refractivity contribution is 0.0952. The first-order chi connectivity index (χ1) is 14.7. The van der Waals surface area contributed by atoms with Crippen LogP contribution in [0.4, 0.5) is 10.1 Å². The third-order valence-electron chi connectivity index (χ3n) is 5.39. The van der Waals surface area contributed by atoms with Crippen LogP contribution >= 0.6 is 0 Å². The van der Waals surface area contributed by atoms with Gasteiger partial charge in [0.05, 0.1) is 18.9 Å². The minimum Gasteiger partial charge on any atom is -0.496 e. The van der Waals surface area contributed by atoms with E-state index in [1.165, 1.54) is 25.8 Å². The van der Waals surface area contributed by atoms with Crippen LogP contribution in [0.5, 0.6) is 5.75 Å². The molecular formula is C24H24FN3O2. The van der Waals surface area contributed by atoms with Crippen molar-refractivity contribution in [3.05, 3.63) is 71.5 Å². The van der Waals surface area contributed by atoms with Crippen molar-refractivity contribution in [1.82, 2.24) is 5.43 Å². The molecule has 6 heteroatoms. The zero-order chi connectivity index (χ0) is 20.9. The summed E-state index contributed by atoms with van der Waals surface area (Å²) in [6, 6.07) is 16.4. The van der Waals surface area contributed by atoms with Crippen molar-refractivity contribution in [1.29, 1.82) is 0 Å². The summed E-state index contributed by atoms with van der Waals surface area (Å²) in [6.07, 6.45) is 4.82. The average Bonchev–Trinajstić information content (AvgIpc) is 2.79. The van der Waals surface area contributed by atoms with Gasteiger partial charge in [-0.05, 0) is 60.4 Å². The van der Waals surface area contributed by atoms with E-state index in [1.807, 2.05) is 36.4 Å². The minimum atomic E-state index is -0.417. The molecular weight excluding hydrogens is 381 g/mol. The zero-order valence-electron chi connectivity index (χ0n) is 16.9. The van der Waals surface area contributed by atoms with Gasteiger partial charge >= 0.3 is 0 Å². The second-order valence-corrected chi connectivity index (χ2v) is 7.35. The Labute approximate surface area is 175 Å². The first-order valence-corrected chi connectivity index (χ1v) is 10.1. The van der Waals surface area contributed by atoms with E-state index >= 15 is 0 Å². The van der Waals surface area contributed by atoms with Gasteiger partial charge in [0, 0.05) is 24.3 Å². The zero-order valence-corrected chi connectivity index (χ0v) is 16.9. The van der Waals surface area contributed by atoms with Crippen LogP contribution in [0.1, 0.15) is 35.2 Å². The number of anilines is 1. The maximum absolute atomic E-state index is 14.5. The number of hydrogen-bond acceptors (Lipinski definition) is 4. The number of carbonyl (C=O) groups excluding carboxylic acids is 1. The van der Waals surface area contributed by atoms with Crippen LogP contribution in [0.2, 0.25) is 0 Å².